The molecule has 1 aliphatic rings. The molecule has 37 heavy (non-hydrogen) atoms. The number of amides is 1. The molecule has 3 heterocycles. The minimum Gasteiger partial charge on any atom is -0.456 e. The number of hydrogen-bond donors (Lipinski definition) is 1. The lowest BCUT2D eigenvalue weighted by Gasteiger charge is -2.43. The summed E-state index contributed by atoms with van der Waals surface area (Å²) in [7, 11) is 0. The van der Waals surface area contributed by atoms with E-state index in [1.807, 2.05) is 0 Å². The Labute approximate surface area is 211 Å². The maximum atomic E-state index is 12.7. The Morgan fingerprint density at radius 1 is 0.865 bits per heavy atom. The van der Waals surface area contributed by atoms with Crippen molar-refractivity contribution in [3.63, 3.8) is 0 Å². The number of hydrogen-bond acceptors (Lipinski definition) is 11. The molecule has 5 atom stereocenters. The van der Waals surface area contributed by atoms with Crippen LogP contribution in [0.15, 0.2) is 43.0 Å². The van der Waals surface area contributed by atoms with E-state index >= 15 is 0 Å². The summed E-state index contributed by atoms with van der Waals surface area (Å²) in [5.41, 5.74) is 0.921. The Morgan fingerprint density at radius 2 is 1.49 bits per heavy atom. The molecule has 1 fully saturated rings. The van der Waals surface area contributed by atoms with Crippen LogP contribution in [0.3, 0.4) is 0 Å². The van der Waals surface area contributed by atoms with Gasteiger partial charge in [0.15, 0.2) is 41.5 Å². The second-order valence-corrected chi connectivity index (χ2v) is 8.32. The van der Waals surface area contributed by atoms with E-state index in [4.69, 9.17) is 18.9 Å². The van der Waals surface area contributed by atoms with Crippen molar-refractivity contribution in [1.82, 2.24) is 19.5 Å². The quantitative estimate of drug-likeness (QED) is 0.379. The van der Waals surface area contributed by atoms with E-state index in [0.29, 0.717) is 5.56 Å². The molecule has 13 heteroatoms. The van der Waals surface area contributed by atoms with Crippen LogP contribution < -0.4 is 5.32 Å². The Morgan fingerprint density at radius 3 is 2.14 bits per heavy atom. The number of carbonyl (C=O) groups excluding carboxylic acids is 4. The third kappa shape index (κ3) is 5.56. The first-order valence-electron chi connectivity index (χ1n) is 11.4. The molecule has 5 unspecified atom stereocenters. The summed E-state index contributed by atoms with van der Waals surface area (Å²) >= 11 is 0. The monoisotopic (exact) mass is 511 g/mol. The summed E-state index contributed by atoms with van der Waals surface area (Å²) in [5, 5.41) is 2.71. The van der Waals surface area contributed by atoms with Crippen LogP contribution >= 0.6 is 0 Å². The van der Waals surface area contributed by atoms with E-state index < -0.39 is 54.5 Å². The van der Waals surface area contributed by atoms with Gasteiger partial charge in [0.2, 0.25) is 0 Å². The fourth-order valence-corrected chi connectivity index (χ4v) is 4.11. The van der Waals surface area contributed by atoms with Gasteiger partial charge < -0.3 is 24.3 Å². The maximum Gasteiger partial charge on any atom is 0.303 e. The van der Waals surface area contributed by atoms with Crippen molar-refractivity contribution >= 4 is 40.8 Å². The van der Waals surface area contributed by atoms with Gasteiger partial charge >= 0.3 is 17.9 Å². The molecule has 13 nitrogen and oxygen atoms in total. The second-order valence-electron chi connectivity index (χ2n) is 8.32. The number of benzene rings is 1. The molecule has 1 saturated heterocycles. The number of nitrogens with zero attached hydrogens (tertiary/aromatic N) is 4. The lowest BCUT2D eigenvalue weighted by Crippen LogP contribution is -2.58. The molecule has 0 aliphatic carbocycles. The van der Waals surface area contributed by atoms with Gasteiger partial charge in [0, 0.05) is 26.3 Å². The Hall–Kier alpha value is -4.39. The number of aromatic nitrogens is 4. The number of fused-ring (bicyclic) bond motifs is 1. The first-order chi connectivity index (χ1) is 17.7. The van der Waals surface area contributed by atoms with Crippen LogP contribution in [0.1, 0.15) is 44.3 Å². The number of esters is 3. The summed E-state index contributed by atoms with van der Waals surface area (Å²) in [6.07, 6.45) is -2.70. The minimum absolute atomic E-state index is 0.153. The molecular formula is C24H25N5O8. The van der Waals surface area contributed by atoms with E-state index in [9.17, 15) is 19.2 Å². The van der Waals surface area contributed by atoms with Crippen molar-refractivity contribution in [2.45, 2.75) is 58.3 Å². The standard InChI is InChI=1S/C24H25N5O8/c1-12-18(35-13(2)30)19(36-14(3)31)20(37-15(4)32)24(34-12)29-11-27-17-21(25-10-26-22(17)29)28-23(33)16-8-6-5-7-9-16/h5-12,18-20,24H,1-4H3,(H,25,26,28,33). The largest absolute Gasteiger partial charge is 0.456 e. The highest BCUT2D eigenvalue weighted by atomic mass is 16.7. The fourth-order valence-electron chi connectivity index (χ4n) is 4.11. The van der Waals surface area contributed by atoms with Gasteiger partial charge in [-0.3, -0.25) is 23.7 Å². The van der Waals surface area contributed by atoms with Gasteiger partial charge in [-0.15, -0.1) is 0 Å². The molecule has 0 bridgehead atoms. The Bertz CT molecular complexity index is 1330. The van der Waals surface area contributed by atoms with Gasteiger partial charge in [0.25, 0.3) is 5.91 Å². The average molecular weight is 511 g/mol. The zero-order valence-corrected chi connectivity index (χ0v) is 20.5. The normalized spacial score (nSPS) is 23.2. The molecule has 0 saturated carbocycles. The van der Waals surface area contributed by atoms with Gasteiger partial charge in [-0.05, 0) is 19.1 Å². The zero-order valence-electron chi connectivity index (χ0n) is 20.5. The highest BCUT2D eigenvalue weighted by Crippen LogP contribution is 2.36. The molecule has 0 spiro atoms. The predicted molar refractivity (Wildman–Crippen MR) is 126 cm³/mol. The first-order valence-corrected chi connectivity index (χ1v) is 11.4. The maximum absolute atomic E-state index is 12.7. The number of rotatable bonds is 6. The molecule has 194 valence electrons. The van der Waals surface area contributed by atoms with E-state index in [1.54, 1.807) is 37.3 Å². The smallest absolute Gasteiger partial charge is 0.303 e. The second kappa shape index (κ2) is 10.7. The number of imidazole rings is 1. The molecule has 1 aromatic carbocycles. The van der Waals surface area contributed by atoms with Crippen molar-refractivity contribution in [3.8, 4) is 0 Å². The summed E-state index contributed by atoms with van der Waals surface area (Å²) in [5.74, 6) is -2.22. The van der Waals surface area contributed by atoms with Crippen molar-refractivity contribution < 1.29 is 38.1 Å². The van der Waals surface area contributed by atoms with Gasteiger partial charge in [-0.1, -0.05) is 18.2 Å². The molecule has 1 amide bonds. The number of carbonyl (C=O) groups is 4. The van der Waals surface area contributed by atoms with E-state index in [-0.39, 0.29) is 17.0 Å². The first kappa shape index (κ1) is 25.7. The molecule has 1 N–H and O–H groups in total. The van der Waals surface area contributed by atoms with Gasteiger partial charge in [0.1, 0.15) is 6.33 Å². The number of nitrogens with one attached hydrogen (secondary N) is 1. The SMILES string of the molecule is CC(=O)OC1C(C)OC(n2cnc3c(NC(=O)c4ccccc4)ncnc32)C(OC(C)=O)C1OC(C)=O. The van der Waals surface area contributed by atoms with Crippen LogP contribution in [0.5, 0.6) is 0 Å². The molecule has 1 aliphatic heterocycles. The molecule has 3 aromatic rings. The lowest BCUT2D eigenvalue weighted by atomic mass is 9.97. The Kier molecular flexibility index (Phi) is 7.43. The van der Waals surface area contributed by atoms with Crippen LogP contribution in [0, 0.1) is 0 Å². The van der Waals surface area contributed by atoms with E-state index in [0.717, 1.165) is 0 Å². The number of anilines is 1. The topological polar surface area (TPSA) is 161 Å². The third-order valence-corrected chi connectivity index (χ3v) is 5.55. The third-order valence-electron chi connectivity index (χ3n) is 5.55. The lowest BCUT2D eigenvalue weighted by molar-refractivity contribution is -0.259. The van der Waals surface area contributed by atoms with Gasteiger partial charge in [0.05, 0.1) is 12.4 Å². The van der Waals surface area contributed by atoms with Crippen LogP contribution in [-0.2, 0) is 33.3 Å². The van der Waals surface area contributed by atoms with Gasteiger partial charge in [-0.2, -0.15) is 0 Å². The molecule has 4 rings (SSSR count). The Balaban J connectivity index is 1.73. The minimum atomic E-state index is -1.23. The molecular weight excluding hydrogens is 486 g/mol. The predicted octanol–water partition coefficient (Wildman–Crippen LogP) is 1.79. The highest BCUT2D eigenvalue weighted by molar-refractivity contribution is 6.06. The van der Waals surface area contributed by atoms with Crippen LogP contribution in [-0.4, -0.2) is 67.7 Å². The van der Waals surface area contributed by atoms with E-state index in [2.05, 4.69) is 20.3 Å². The van der Waals surface area contributed by atoms with Crippen LogP contribution in [0.25, 0.3) is 11.2 Å². The molecule has 2 aromatic heterocycles. The highest BCUT2D eigenvalue weighted by Gasteiger charge is 2.51. The summed E-state index contributed by atoms with van der Waals surface area (Å²) < 4.78 is 23.9. The summed E-state index contributed by atoms with van der Waals surface area (Å²) in [6, 6.07) is 8.57. The summed E-state index contributed by atoms with van der Waals surface area (Å²) in [6.45, 7) is 5.20. The zero-order chi connectivity index (χ0) is 26.7. The van der Waals surface area contributed by atoms with Crippen molar-refractivity contribution in [1.29, 1.82) is 0 Å². The van der Waals surface area contributed by atoms with E-state index in [1.165, 1.54) is 38.0 Å². The van der Waals surface area contributed by atoms with Crippen molar-refractivity contribution in [2.75, 3.05) is 5.32 Å². The average Bonchev–Trinajstić information content (AvgIpc) is 3.28. The van der Waals surface area contributed by atoms with Crippen molar-refractivity contribution in [2.24, 2.45) is 0 Å². The molecule has 0 radical (unpaired) electrons. The van der Waals surface area contributed by atoms with Crippen molar-refractivity contribution in [3.05, 3.63) is 48.5 Å². The summed E-state index contributed by atoms with van der Waals surface area (Å²) in [4.78, 5) is 61.1. The van der Waals surface area contributed by atoms with Crippen LogP contribution in [0.2, 0.25) is 0 Å². The van der Waals surface area contributed by atoms with Gasteiger partial charge in [-0.25, -0.2) is 15.0 Å². The fraction of sp³-hybridized carbons (Fsp3) is 0.375. The number of ether oxygens (including phenoxy) is 4. The van der Waals surface area contributed by atoms with Crippen LogP contribution in [0.4, 0.5) is 5.82 Å².